The fourth-order valence-electron chi connectivity index (χ4n) is 4.35. The van der Waals surface area contributed by atoms with Crippen molar-refractivity contribution < 1.29 is 24.0 Å². The Hall–Kier alpha value is -3.65. The van der Waals surface area contributed by atoms with Gasteiger partial charge in [0.25, 0.3) is 5.69 Å². The Bertz CT molecular complexity index is 1200. The first-order valence-electron chi connectivity index (χ1n) is 10.4. The third-order valence-electron chi connectivity index (χ3n) is 5.81. The molecule has 9 heteroatoms. The van der Waals surface area contributed by atoms with Crippen LogP contribution in [0, 0.1) is 10.1 Å². The molecule has 0 spiro atoms. The quantitative estimate of drug-likeness (QED) is 0.389. The van der Waals surface area contributed by atoms with E-state index in [1.165, 1.54) is 18.2 Å². The molecule has 0 radical (unpaired) electrons. The minimum absolute atomic E-state index is 0.0704. The van der Waals surface area contributed by atoms with Gasteiger partial charge < -0.3 is 15.2 Å². The van der Waals surface area contributed by atoms with Crippen LogP contribution in [-0.4, -0.2) is 23.3 Å². The highest BCUT2D eigenvalue weighted by Crippen LogP contribution is 2.49. The fraction of sp³-hybridized carbons (Fsp3) is 0.250. The molecule has 8 nitrogen and oxygen atoms in total. The lowest BCUT2D eigenvalue weighted by atomic mass is 9.73. The molecule has 1 aliphatic heterocycles. The molecule has 2 N–H and O–H groups in total. The summed E-state index contributed by atoms with van der Waals surface area (Å²) in [6.45, 7) is 1.70. The minimum atomic E-state index is -1.04. The van der Waals surface area contributed by atoms with Gasteiger partial charge in [0.05, 0.1) is 17.4 Å². The van der Waals surface area contributed by atoms with Crippen molar-refractivity contribution in [3.05, 3.63) is 97.6 Å². The van der Waals surface area contributed by atoms with E-state index in [9.17, 15) is 19.7 Å². The molecule has 0 aromatic heterocycles. The monoisotopic (exact) mass is 468 g/mol. The van der Waals surface area contributed by atoms with Gasteiger partial charge >= 0.3 is 5.97 Å². The van der Waals surface area contributed by atoms with E-state index >= 15 is 0 Å². The molecule has 0 saturated heterocycles. The second-order valence-electron chi connectivity index (χ2n) is 7.77. The number of benzene rings is 2. The number of rotatable bonds is 5. The van der Waals surface area contributed by atoms with Crippen molar-refractivity contribution in [3.63, 3.8) is 0 Å². The van der Waals surface area contributed by atoms with Crippen LogP contribution in [0.15, 0.2) is 71.3 Å². The first kappa shape index (κ1) is 22.5. The number of nitrogens with zero attached hydrogens (tertiary/aromatic N) is 1. The van der Waals surface area contributed by atoms with Crippen molar-refractivity contribution in [2.75, 3.05) is 6.61 Å². The molecule has 2 aromatic carbocycles. The molecule has 1 aliphatic carbocycles. The van der Waals surface area contributed by atoms with Crippen LogP contribution in [-0.2, 0) is 19.1 Å². The Morgan fingerprint density at radius 1 is 1.24 bits per heavy atom. The predicted molar refractivity (Wildman–Crippen MR) is 120 cm³/mol. The van der Waals surface area contributed by atoms with E-state index in [2.05, 4.69) is 0 Å². The van der Waals surface area contributed by atoms with E-state index in [4.69, 9.17) is 26.8 Å². The largest absolute Gasteiger partial charge is 0.462 e. The number of allylic oxidation sites excluding steroid dienone is 2. The highest BCUT2D eigenvalue weighted by atomic mass is 35.5. The first-order valence-corrected chi connectivity index (χ1v) is 10.8. The van der Waals surface area contributed by atoms with E-state index in [1.807, 2.05) is 30.3 Å². The van der Waals surface area contributed by atoms with Crippen molar-refractivity contribution in [2.45, 2.75) is 31.6 Å². The van der Waals surface area contributed by atoms with Crippen molar-refractivity contribution in [1.82, 2.24) is 0 Å². The number of ketones is 1. The zero-order valence-electron chi connectivity index (χ0n) is 17.7. The average Bonchev–Trinajstić information content (AvgIpc) is 2.79. The highest BCUT2D eigenvalue weighted by Gasteiger charge is 2.44. The maximum atomic E-state index is 13.4. The lowest BCUT2D eigenvalue weighted by Gasteiger charge is -2.35. The number of non-ortho nitro benzene ring substituents is 1. The number of nitrogens with two attached hydrogens (primary N) is 1. The SMILES string of the molecule is CCOC(=O)C1=C(N)OC2=C(C(=O)C[C@H](c3ccccc3)C2)[C@H]1c1cc([N+](=O)[O-])ccc1Cl. The molecule has 33 heavy (non-hydrogen) atoms. The summed E-state index contributed by atoms with van der Waals surface area (Å²) < 4.78 is 11.0. The van der Waals surface area contributed by atoms with Gasteiger partial charge in [0, 0.05) is 35.6 Å². The number of ether oxygens (including phenoxy) is 2. The zero-order valence-corrected chi connectivity index (χ0v) is 18.5. The van der Waals surface area contributed by atoms with Gasteiger partial charge in [0.1, 0.15) is 11.3 Å². The molecule has 4 rings (SSSR count). The van der Waals surface area contributed by atoms with Gasteiger partial charge in [-0.05, 0) is 30.0 Å². The number of halogens is 1. The molecule has 0 bridgehead atoms. The van der Waals surface area contributed by atoms with E-state index in [1.54, 1.807) is 6.92 Å². The molecule has 0 amide bonds. The van der Waals surface area contributed by atoms with E-state index in [-0.39, 0.29) is 58.0 Å². The second kappa shape index (κ2) is 9.07. The molecule has 2 atom stereocenters. The summed E-state index contributed by atoms with van der Waals surface area (Å²) >= 11 is 6.42. The maximum absolute atomic E-state index is 13.4. The Kier molecular flexibility index (Phi) is 6.20. The van der Waals surface area contributed by atoms with Crippen LogP contribution < -0.4 is 5.73 Å². The van der Waals surface area contributed by atoms with Crippen LogP contribution in [0.5, 0.6) is 0 Å². The molecular formula is C24H21ClN2O6. The van der Waals surface area contributed by atoms with E-state index in [0.717, 1.165) is 5.56 Å². The van der Waals surface area contributed by atoms with E-state index in [0.29, 0.717) is 12.2 Å². The normalized spacial score (nSPS) is 20.2. The summed E-state index contributed by atoms with van der Waals surface area (Å²) in [5.41, 5.74) is 7.26. The van der Waals surface area contributed by atoms with Gasteiger partial charge in [-0.3, -0.25) is 14.9 Å². The molecule has 0 unspecified atom stereocenters. The number of esters is 1. The lowest BCUT2D eigenvalue weighted by Crippen LogP contribution is -2.33. The van der Waals surface area contributed by atoms with Crippen LogP contribution in [0.4, 0.5) is 5.69 Å². The summed E-state index contributed by atoms with van der Waals surface area (Å²) in [6, 6.07) is 13.4. The van der Waals surface area contributed by atoms with Crippen LogP contribution >= 0.6 is 11.6 Å². The summed E-state index contributed by atoms with van der Waals surface area (Å²) in [4.78, 5) is 37.1. The van der Waals surface area contributed by atoms with Crippen LogP contribution in [0.1, 0.15) is 42.7 Å². The van der Waals surface area contributed by atoms with Gasteiger partial charge in [-0.25, -0.2) is 4.79 Å². The summed E-state index contributed by atoms with van der Waals surface area (Å²) in [5.74, 6) is -2.06. The van der Waals surface area contributed by atoms with Crippen molar-refractivity contribution >= 4 is 29.0 Å². The molecule has 1 heterocycles. The number of nitro benzene ring substituents is 1. The lowest BCUT2D eigenvalue weighted by molar-refractivity contribution is -0.384. The van der Waals surface area contributed by atoms with Crippen LogP contribution in [0.25, 0.3) is 0 Å². The van der Waals surface area contributed by atoms with Crippen LogP contribution in [0.3, 0.4) is 0 Å². The molecule has 2 aliphatic rings. The highest BCUT2D eigenvalue weighted by molar-refractivity contribution is 6.31. The molecule has 0 saturated carbocycles. The Labute approximate surface area is 194 Å². The van der Waals surface area contributed by atoms with Crippen LogP contribution in [0.2, 0.25) is 5.02 Å². The van der Waals surface area contributed by atoms with Crippen molar-refractivity contribution in [1.29, 1.82) is 0 Å². The Morgan fingerprint density at radius 2 is 1.97 bits per heavy atom. The number of nitro groups is 1. The minimum Gasteiger partial charge on any atom is -0.462 e. The standard InChI is InChI=1S/C24H21ClN2O6/c1-2-32-24(29)22-20(16-12-15(27(30)31)8-9-17(16)25)21-18(28)10-14(11-19(21)33-23(22)26)13-6-4-3-5-7-13/h3-9,12,14,20H,2,10-11,26H2,1H3/t14-,20+/m0/s1. The molecular weight excluding hydrogens is 448 g/mol. The average molecular weight is 469 g/mol. The van der Waals surface area contributed by atoms with E-state index < -0.39 is 16.8 Å². The summed E-state index contributed by atoms with van der Waals surface area (Å²) in [5, 5.41) is 11.6. The third kappa shape index (κ3) is 4.21. The van der Waals surface area contributed by atoms with Crippen molar-refractivity contribution in [3.8, 4) is 0 Å². The number of hydrogen-bond donors (Lipinski definition) is 1. The molecule has 2 aromatic rings. The first-order chi connectivity index (χ1) is 15.8. The molecule has 0 fully saturated rings. The number of carbonyl (C=O) groups is 2. The van der Waals surface area contributed by atoms with Gasteiger partial charge in [-0.15, -0.1) is 0 Å². The summed E-state index contributed by atoms with van der Waals surface area (Å²) in [7, 11) is 0. The number of carbonyl (C=O) groups excluding carboxylic acids is 2. The van der Waals surface area contributed by atoms with Gasteiger partial charge in [-0.2, -0.15) is 0 Å². The Balaban J connectivity index is 1.87. The number of Topliss-reactive ketones (excluding diaryl/α,β-unsaturated/α-hetero) is 1. The van der Waals surface area contributed by atoms with Gasteiger partial charge in [0.2, 0.25) is 5.88 Å². The fourth-order valence-corrected chi connectivity index (χ4v) is 4.58. The number of hydrogen-bond acceptors (Lipinski definition) is 7. The Morgan fingerprint density at radius 3 is 2.64 bits per heavy atom. The summed E-state index contributed by atoms with van der Waals surface area (Å²) in [6.07, 6.45) is 0.566. The zero-order chi connectivity index (χ0) is 23.7. The van der Waals surface area contributed by atoms with Crippen molar-refractivity contribution in [2.24, 2.45) is 5.73 Å². The third-order valence-corrected chi connectivity index (χ3v) is 6.15. The molecule has 170 valence electrons. The maximum Gasteiger partial charge on any atom is 0.340 e. The smallest absolute Gasteiger partial charge is 0.340 e. The predicted octanol–water partition coefficient (Wildman–Crippen LogP) is 4.50. The second-order valence-corrected chi connectivity index (χ2v) is 8.18. The topological polar surface area (TPSA) is 122 Å². The van der Waals surface area contributed by atoms with Gasteiger partial charge in [-0.1, -0.05) is 41.9 Å². The van der Waals surface area contributed by atoms with Gasteiger partial charge in [0.15, 0.2) is 5.78 Å².